The minimum Gasteiger partial charge on any atom is -0.477 e. The number of nitrogens with one attached hydrogen (secondary N) is 1. The maximum absolute atomic E-state index is 10.8. The zero-order chi connectivity index (χ0) is 13.0. The molecule has 1 saturated carbocycles. The van der Waals surface area contributed by atoms with E-state index >= 15 is 0 Å². The highest BCUT2D eigenvalue weighted by Crippen LogP contribution is 2.36. The van der Waals surface area contributed by atoms with Crippen LogP contribution in [0.15, 0.2) is 18.2 Å². The van der Waals surface area contributed by atoms with Crippen molar-refractivity contribution in [3.05, 3.63) is 29.6 Å². The van der Waals surface area contributed by atoms with E-state index in [2.05, 4.69) is 17.2 Å². The van der Waals surface area contributed by atoms with Gasteiger partial charge in [-0.25, -0.2) is 9.78 Å². The lowest BCUT2D eigenvalue weighted by Gasteiger charge is -2.23. The van der Waals surface area contributed by atoms with Crippen molar-refractivity contribution >= 4 is 5.97 Å². The first-order valence-electron chi connectivity index (χ1n) is 6.49. The lowest BCUT2D eigenvalue weighted by Crippen LogP contribution is -2.29. The van der Waals surface area contributed by atoms with E-state index in [-0.39, 0.29) is 5.69 Å². The van der Waals surface area contributed by atoms with Crippen molar-refractivity contribution in [2.75, 3.05) is 6.54 Å². The molecule has 1 heterocycles. The topological polar surface area (TPSA) is 62.2 Å². The third-order valence-corrected chi connectivity index (χ3v) is 3.69. The number of aromatic carboxylic acids is 1. The molecule has 0 unspecified atom stereocenters. The number of carbonyl (C=O) groups is 1. The summed E-state index contributed by atoms with van der Waals surface area (Å²) >= 11 is 0. The van der Waals surface area contributed by atoms with E-state index in [9.17, 15) is 4.79 Å². The Morgan fingerprint density at radius 3 is 2.83 bits per heavy atom. The Hall–Kier alpha value is -1.42. The summed E-state index contributed by atoms with van der Waals surface area (Å²) in [6, 6.07) is 5.12. The zero-order valence-electron chi connectivity index (χ0n) is 10.8. The summed E-state index contributed by atoms with van der Waals surface area (Å²) < 4.78 is 0. The van der Waals surface area contributed by atoms with Crippen LogP contribution in [-0.4, -0.2) is 22.6 Å². The Balaban J connectivity index is 1.86. The van der Waals surface area contributed by atoms with E-state index in [4.69, 9.17) is 5.11 Å². The van der Waals surface area contributed by atoms with Crippen LogP contribution in [0, 0.1) is 5.41 Å². The van der Waals surface area contributed by atoms with E-state index in [0.717, 1.165) is 12.2 Å². The van der Waals surface area contributed by atoms with Gasteiger partial charge in [0.1, 0.15) is 5.69 Å². The molecule has 0 aliphatic heterocycles. The number of carboxylic acids is 1. The summed E-state index contributed by atoms with van der Waals surface area (Å²) in [5.74, 6) is -0.973. The van der Waals surface area contributed by atoms with Crippen LogP contribution in [0.4, 0.5) is 0 Å². The molecule has 18 heavy (non-hydrogen) atoms. The molecular formula is C14H20N2O2. The first-order chi connectivity index (χ1) is 8.59. The molecule has 4 nitrogen and oxygen atoms in total. The number of aromatic nitrogens is 1. The minimum absolute atomic E-state index is 0.112. The number of hydrogen-bond donors (Lipinski definition) is 2. The van der Waals surface area contributed by atoms with Crippen LogP contribution in [-0.2, 0) is 6.54 Å². The van der Waals surface area contributed by atoms with E-state index in [1.807, 2.05) is 6.07 Å². The van der Waals surface area contributed by atoms with Crippen LogP contribution in [0.1, 0.15) is 48.8 Å². The zero-order valence-corrected chi connectivity index (χ0v) is 10.8. The molecular weight excluding hydrogens is 228 g/mol. The van der Waals surface area contributed by atoms with Gasteiger partial charge in [-0.1, -0.05) is 25.8 Å². The van der Waals surface area contributed by atoms with Gasteiger partial charge in [0, 0.05) is 13.1 Å². The Morgan fingerprint density at radius 2 is 2.17 bits per heavy atom. The van der Waals surface area contributed by atoms with E-state index in [0.29, 0.717) is 12.0 Å². The fourth-order valence-corrected chi connectivity index (χ4v) is 2.59. The highest BCUT2D eigenvalue weighted by atomic mass is 16.4. The molecule has 0 aromatic carbocycles. The second-order valence-corrected chi connectivity index (χ2v) is 5.44. The van der Waals surface area contributed by atoms with E-state index in [1.165, 1.54) is 31.7 Å². The van der Waals surface area contributed by atoms with Crippen LogP contribution in [0.25, 0.3) is 0 Å². The van der Waals surface area contributed by atoms with Gasteiger partial charge in [0.15, 0.2) is 0 Å². The summed E-state index contributed by atoms with van der Waals surface area (Å²) in [5, 5.41) is 12.3. The third kappa shape index (κ3) is 3.29. The fraction of sp³-hybridized carbons (Fsp3) is 0.571. The normalized spacial score (nSPS) is 17.8. The summed E-state index contributed by atoms with van der Waals surface area (Å²) in [4.78, 5) is 14.9. The first-order valence-corrected chi connectivity index (χ1v) is 6.49. The van der Waals surface area contributed by atoms with Gasteiger partial charge < -0.3 is 10.4 Å². The van der Waals surface area contributed by atoms with Gasteiger partial charge in [0.05, 0.1) is 5.69 Å². The number of carboxylic acid groups (broad SMARTS) is 1. The second kappa shape index (κ2) is 5.48. The smallest absolute Gasteiger partial charge is 0.354 e. The van der Waals surface area contributed by atoms with Crippen LogP contribution in [0.3, 0.4) is 0 Å². The van der Waals surface area contributed by atoms with Crippen LogP contribution >= 0.6 is 0 Å². The van der Waals surface area contributed by atoms with Crippen molar-refractivity contribution < 1.29 is 9.90 Å². The maximum Gasteiger partial charge on any atom is 0.354 e. The van der Waals surface area contributed by atoms with Crippen molar-refractivity contribution in [3.63, 3.8) is 0 Å². The van der Waals surface area contributed by atoms with E-state index < -0.39 is 5.97 Å². The van der Waals surface area contributed by atoms with Crippen molar-refractivity contribution in [2.24, 2.45) is 5.41 Å². The van der Waals surface area contributed by atoms with Crippen LogP contribution in [0.2, 0.25) is 0 Å². The van der Waals surface area contributed by atoms with Crippen molar-refractivity contribution in [1.82, 2.24) is 10.3 Å². The molecule has 0 saturated heterocycles. The quantitative estimate of drug-likeness (QED) is 0.840. The highest BCUT2D eigenvalue weighted by Gasteiger charge is 2.27. The number of pyridine rings is 1. The summed E-state index contributed by atoms with van der Waals surface area (Å²) in [6.45, 7) is 3.93. The van der Waals surface area contributed by atoms with Gasteiger partial charge in [-0.3, -0.25) is 0 Å². The molecule has 0 bridgehead atoms. The van der Waals surface area contributed by atoms with Crippen molar-refractivity contribution in [2.45, 2.75) is 39.2 Å². The minimum atomic E-state index is -0.973. The van der Waals surface area contributed by atoms with Gasteiger partial charge in [-0.05, 0) is 30.4 Å². The molecule has 1 aliphatic rings. The fourth-order valence-electron chi connectivity index (χ4n) is 2.59. The van der Waals surface area contributed by atoms with Crippen LogP contribution < -0.4 is 5.32 Å². The summed E-state index contributed by atoms with van der Waals surface area (Å²) in [5.41, 5.74) is 1.31. The molecule has 1 aliphatic carbocycles. The Kier molecular flexibility index (Phi) is 3.97. The number of rotatable bonds is 5. The predicted octanol–water partition coefficient (Wildman–Crippen LogP) is 2.45. The molecule has 0 atom stereocenters. The third-order valence-electron chi connectivity index (χ3n) is 3.69. The molecule has 0 radical (unpaired) electrons. The maximum atomic E-state index is 10.8. The molecule has 1 aromatic rings. The summed E-state index contributed by atoms with van der Waals surface area (Å²) in [6.07, 6.45) is 5.21. The standard InChI is InChI=1S/C14H20N2O2/c1-14(7-2-3-8-14)10-15-9-11-5-4-6-12(16-11)13(17)18/h4-6,15H,2-3,7-10H2,1H3,(H,17,18). The molecule has 4 heteroatoms. The lowest BCUT2D eigenvalue weighted by molar-refractivity contribution is 0.0690. The molecule has 2 rings (SSSR count). The predicted molar refractivity (Wildman–Crippen MR) is 69.5 cm³/mol. The van der Waals surface area contributed by atoms with Gasteiger partial charge in [0.25, 0.3) is 0 Å². The van der Waals surface area contributed by atoms with Gasteiger partial charge in [-0.2, -0.15) is 0 Å². The molecule has 1 aromatic heterocycles. The first kappa shape index (κ1) is 13.0. The average molecular weight is 248 g/mol. The second-order valence-electron chi connectivity index (χ2n) is 5.44. The largest absolute Gasteiger partial charge is 0.477 e. The molecule has 0 spiro atoms. The van der Waals surface area contributed by atoms with E-state index in [1.54, 1.807) is 6.07 Å². The van der Waals surface area contributed by atoms with Gasteiger partial charge in [-0.15, -0.1) is 0 Å². The van der Waals surface area contributed by atoms with Crippen molar-refractivity contribution in [3.8, 4) is 0 Å². The molecule has 0 amide bonds. The monoisotopic (exact) mass is 248 g/mol. The van der Waals surface area contributed by atoms with Crippen LogP contribution in [0.5, 0.6) is 0 Å². The Morgan fingerprint density at radius 1 is 1.44 bits per heavy atom. The highest BCUT2D eigenvalue weighted by molar-refractivity contribution is 5.85. The Bertz CT molecular complexity index is 426. The van der Waals surface area contributed by atoms with Gasteiger partial charge >= 0.3 is 5.97 Å². The lowest BCUT2D eigenvalue weighted by atomic mass is 9.89. The molecule has 2 N–H and O–H groups in total. The number of nitrogens with zero attached hydrogens (tertiary/aromatic N) is 1. The number of hydrogen-bond acceptors (Lipinski definition) is 3. The molecule has 98 valence electrons. The molecule has 1 fully saturated rings. The van der Waals surface area contributed by atoms with Gasteiger partial charge in [0.2, 0.25) is 0 Å². The Labute approximate surface area is 107 Å². The van der Waals surface area contributed by atoms with Crippen molar-refractivity contribution in [1.29, 1.82) is 0 Å². The SMILES string of the molecule is CC1(CNCc2cccc(C(=O)O)n2)CCCC1. The summed E-state index contributed by atoms with van der Waals surface area (Å²) in [7, 11) is 0. The average Bonchev–Trinajstić information content (AvgIpc) is 2.77.